The first-order chi connectivity index (χ1) is 13.5. The molecule has 3 rings (SSSR count). The van der Waals surface area contributed by atoms with E-state index in [0.717, 1.165) is 22.4 Å². The minimum absolute atomic E-state index is 0.0940. The molecule has 0 fully saturated rings. The molecule has 0 aliphatic carbocycles. The van der Waals surface area contributed by atoms with Crippen molar-refractivity contribution in [3.8, 4) is 17.2 Å². The lowest BCUT2D eigenvalue weighted by Gasteiger charge is -2.30. The fourth-order valence-corrected chi connectivity index (χ4v) is 3.93. The molecule has 7 heteroatoms. The number of carbonyl (C=O) groups excluding carboxylic acids is 1. The number of ether oxygens (including phenoxy) is 3. The third-order valence-electron chi connectivity index (χ3n) is 4.73. The van der Waals surface area contributed by atoms with Crippen LogP contribution >= 0.6 is 23.2 Å². The summed E-state index contributed by atoms with van der Waals surface area (Å²) in [6, 6.07) is 7.48. The van der Waals surface area contributed by atoms with Crippen molar-refractivity contribution in [1.82, 2.24) is 4.90 Å². The van der Waals surface area contributed by atoms with E-state index >= 15 is 0 Å². The highest BCUT2D eigenvalue weighted by Crippen LogP contribution is 2.47. The lowest BCUT2D eigenvalue weighted by atomic mass is 9.98. The van der Waals surface area contributed by atoms with E-state index in [-0.39, 0.29) is 5.91 Å². The summed E-state index contributed by atoms with van der Waals surface area (Å²) in [6.07, 6.45) is 3.93. The molecule has 1 aliphatic rings. The maximum Gasteiger partial charge on any atom is 0.246 e. The van der Waals surface area contributed by atoms with Crippen molar-refractivity contribution in [3.63, 3.8) is 0 Å². The number of benzene rings is 2. The summed E-state index contributed by atoms with van der Waals surface area (Å²) in [5.74, 6) is 1.48. The molecule has 1 aliphatic heterocycles. The monoisotopic (exact) mass is 421 g/mol. The highest BCUT2D eigenvalue weighted by Gasteiger charge is 2.29. The van der Waals surface area contributed by atoms with Crippen molar-refractivity contribution in [1.29, 1.82) is 0 Å². The summed E-state index contributed by atoms with van der Waals surface area (Å²) in [5, 5.41) is 0.912. The molecule has 2 aromatic carbocycles. The molecule has 0 N–H and O–H groups in total. The lowest BCUT2D eigenvalue weighted by Crippen LogP contribution is -2.35. The summed E-state index contributed by atoms with van der Waals surface area (Å²) >= 11 is 13.0. The maximum absolute atomic E-state index is 12.7. The number of fused-ring (bicyclic) bond motifs is 1. The van der Waals surface area contributed by atoms with Crippen molar-refractivity contribution in [2.75, 3.05) is 27.9 Å². The largest absolute Gasteiger partial charge is 0.497 e. The highest BCUT2D eigenvalue weighted by molar-refractivity contribution is 6.37. The number of methoxy groups -OCH3 is 3. The van der Waals surface area contributed by atoms with Gasteiger partial charge in [0.25, 0.3) is 0 Å². The molecule has 0 saturated heterocycles. The molecule has 148 valence electrons. The Balaban J connectivity index is 1.81. The summed E-state index contributed by atoms with van der Waals surface area (Å²) in [7, 11) is 4.65. The molecule has 2 aromatic rings. The van der Waals surface area contributed by atoms with Crippen molar-refractivity contribution < 1.29 is 19.0 Å². The Kier molecular flexibility index (Phi) is 6.37. The van der Waals surface area contributed by atoms with E-state index < -0.39 is 0 Å². The fraction of sp³-hybridized carbons (Fsp3) is 0.286. The predicted molar refractivity (Wildman–Crippen MR) is 111 cm³/mol. The molecule has 5 nitrogen and oxygen atoms in total. The molecule has 0 spiro atoms. The van der Waals surface area contributed by atoms with Crippen molar-refractivity contribution >= 4 is 35.2 Å². The van der Waals surface area contributed by atoms with Gasteiger partial charge in [0.2, 0.25) is 5.91 Å². The van der Waals surface area contributed by atoms with Crippen LogP contribution in [0.3, 0.4) is 0 Å². The number of rotatable bonds is 5. The van der Waals surface area contributed by atoms with Gasteiger partial charge in [0, 0.05) is 19.2 Å². The lowest BCUT2D eigenvalue weighted by molar-refractivity contribution is -0.126. The number of halogens is 2. The second kappa shape index (κ2) is 8.76. The Bertz CT molecular complexity index is 910. The van der Waals surface area contributed by atoms with Gasteiger partial charge in [-0.1, -0.05) is 35.3 Å². The molecule has 0 unspecified atom stereocenters. The van der Waals surface area contributed by atoms with E-state index in [1.165, 1.54) is 14.2 Å². The maximum atomic E-state index is 12.7. The third kappa shape index (κ3) is 3.91. The van der Waals surface area contributed by atoms with Crippen LogP contribution in [0.4, 0.5) is 0 Å². The number of carbonyl (C=O) groups is 1. The van der Waals surface area contributed by atoms with Gasteiger partial charge >= 0.3 is 0 Å². The first-order valence-corrected chi connectivity index (χ1v) is 9.47. The topological polar surface area (TPSA) is 48.0 Å². The molecule has 0 atom stereocenters. The molecule has 0 aromatic heterocycles. The molecule has 0 bridgehead atoms. The van der Waals surface area contributed by atoms with Crippen LogP contribution in [0.2, 0.25) is 10.0 Å². The Morgan fingerprint density at radius 1 is 0.964 bits per heavy atom. The first-order valence-electron chi connectivity index (χ1n) is 8.71. The Labute approximate surface area is 174 Å². The van der Waals surface area contributed by atoms with E-state index in [1.807, 2.05) is 24.3 Å². The van der Waals surface area contributed by atoms with Gasteiger partial charge in [0.15, 0.2) is 11.5 Å². The van der Waals surface area contributed by atoms with Gasteiger partial charge in [-0.05, 0) is 41.3 Å². The zero-order chi connectivity index (χ0) is 20.3. The van der Waals surface area contributed by atoms with Crippen LogP contribution in [0.15, 0.2) is 30.3 Å². The number of hydrogen-bond acceptors (Lipinski definition) is 4. The molecular formula is C21H21Cl2NO4. The SMILES string of the molecule is COc1ccc(C=CC(=O)N2CCc3c(Cl)c(OC)c(OC)c(Cl)c3C2)cc1. The number of hydrogen-bond donors (Lipinski definition) is 0. The molecular weight excluding hydrogens is 401 g/mol. The molecule has 28 heavy (non-hydrogen) atoms. The fourth-order valence-electron chi connectivity index (χ4n) is 3.22. The summed E-state index contributed by atoms with van der Waals surface area (Å²) in [4.78, 5) is 14.4. The van der Waals surface area contributed by atoms with E-state index in [1.54, 1.807) is 24.2 Å². The van der Waals surface area contributed by atoms with E-state index in [9.17, 15) is 4.79 Å². The normalized spacial score (nSPS) is 13.4. The Morgan fingerprint density at radius 2 is 1.57 bits per heavy atom. The summed E-state index contributed by atoms with van der Waals surface area (Å²) in [5.41, 5.74) is 2.60. The number of nitrogens with zero attached hydrogens (tertiary/aromatic N) is 1. The first kappa shape index (κ1) is 20.4. The van der Waals surface area contributed by atoms with Gasteiger partial charge < -0.3 is 19.1 Å². The van der Waals surface area contributed by atoms with E-state index in [4.69, 9.17) is 37.4 Å². The van der Waals surface area contributed by atoms with Crippen LogP contribution in [-0.2, 0) is 17.8 Å². The van der Waals surface area contributed by atoms with E-state index in [0.29, 0.717) is 41.1 Å². The third-order valence-corrected chi connectivity index (χ3v) is 5.53. The van der Waals surface area contributed by atoms with Crippen LogP contribution in [0.25, 0.3) is 6.08 Å². The summed E-state index contributed by atoms with van der Waals surface area (Å²) < 4.78 is 15.9. The van der Waals surface area contributed by atoms with Crippen LogP contribution in [0, 0.1) is 0 Å². The standard InChI is InChI=1S/C21H21Cl2NO4/c1-26-14-7-4-13(5-8-14)6-9-17(25)24-11-10-15-16(12-24)19(23)21(28-3)20(27-2)18(15)22/h4-9H,10-12H2,1-3H3. The number of amides is 1. The molecule has 0 radical (unpaired) electrons. The quantitative estimate of drug-likeness (QED) is 0.660. The van der Waals surface area contributed by atoms with Gasteiger partial charge in [-0.25, -0.2) is 0 Å². The van der Waals surface area contributed by atoms with Gasteiger partial charge in [-0.15, -0.1) is 0 Å². The Morgan fingerprint density at radius 3 is 2.14 bits per heavy atom. The van der Waals surface area contributed by atoms with Gasteiger partial charge in [-0.3, -0.25) is 4.79 Å². The minimum Gasteiger partial charge on any atom is -0.497 e. The van der Waals surface area contributed by atoms with Crippen molar-refractivity contribution in [2.45, 2.75) is 13.0 Å². The van der Waals surface area contributed by atoms with Crippen LogP contribution in [-0.4, -0.2) is 38.7 Å². The van der Waals surface area contributed by atoms with Crippen LogP contribution in [0.5, 0.6) is 17.2 Å². The van der Waals surface area contributed by atoms with Gasteiger partial charge in [0.05, 0.1) is 31.4 Å². The molecule has 1 amide bonds. The zero-order valence-corrected chi connectivity index (χ0v) is 17.4. The highest BCUT2D eigenvalue weighted by atomic mass is 35.5. The Hall–Kier alpha value is -2.37. The zero-order valence-electron chi connectivity index (χ0n) is 15.9. The van der Waals surface area contributed by atoms with Crippen molar-refractivity contribution in [3.05, 3.63) is 57.1 Å². The minimum atomic E-state index is -0.0940. The average molecular weight is 422 g/mol. The molecule has 0 saturated carbocycles. The second-order valence-corrected chi connectivity index (χ2v) is 7.02. The van der Waals surface area contributed by atoms with Gasteiger partial charge in [0.1, 0.15) is 5.75 Å². The summed E-state index contributed by atoms with van der Waals surface area (Å²) in [6.45, 7) is 0.907. The molecule has 1 heterocycles. The van der Waals surface area contributed by atoms with Gasteiger partial charge in [-0.2, -0.15) is 0 Å². The van der Waals surface area contributed by atoms with Crippen LogP contribution in [0.1, 0.15) is 16.7 Å². The van der Waals surface area contributed by atoms with Crippen LogP contribution < -0.4 is 14.2 Å². The second-order valence-electron chi connectivity index (χ2n) is 6.27. The average Bonchev–Trinajstić information content (AvgIpc) is 2.74. The predicted octanol–water partition coefficient (Wildman–Crippen LogP) is 4.62. The van der Waals surface area contributed by atoms with E-state index in [2.05, 4.69) is 0 Å². The smallest absolute Gasteiger partial charge is 0.246 e. The van der Waals surface area contributed by atoms with Crippen molar-refractivity contribution in [2.24, 2.45) is 0 Å².